The van der Waals surface area contributed by atoms with Crippen LogP contribution in [-0.2, 0) is 6.54 Å². The lowest BCUT2D eigenvalue weighted by molar-refractivity contribution is 0.0944. The third kappa shape index (κ3) is 4.42. The molecule has 0 aliphatic heterocycles. The molecule has 0 spiro atoms. The topological polar surface area (TPSA) is 60.5 Å². The Morgan fingerprint density at radius 3 is 2.80 bits per heavy atom. The summed E-state index contributed by atoms with van der Waals surface area (Å²) >= 11 is 6.24. The van der Waals surface area contributed by atoms with Crippen LogP contribution < -0.4 is 14.8 Å². The minimum Gasteiger partial charge on any atom is -0.492 e. The first kappa shape index (κ1) is 17.5. The van der Waals surface area contributed by atoms with Crippen molar-refractivity contribution < 1.29 is 14.3 Å². The molecule has 25 heavy (non-hydrogen) atoms. The van der Waals surface area contributed by atoms with Gasteiger partial charge in [0.05, 0.1) is 24.3 Å². The van der Waals surface area contributed by atoms with E-state index in [0.29, 0.717) is 41.3 Å². The molecular formula is C19H21ClN2O3. The summed E-state index contributed by atoms with van der Waals surface area (Å²) in [6.07, 6.45) is 5.30. The average Bonchev–Trinajstić information content (AvgIpc) is 2.59. The monoisotopic (exact) mass is 360 g/mol. The largest absolute Gasteiger partial charge is 0.492 e. The third-order valence-corrected chi connectivity index (χ3v) is 4.68. The molecule has 1 saturated carbocycles. The van der Waals surface area contributed by atoms with Gasteiger partial charge in [0.25, 0.3) is 5.91 Å². The van der Waals surface area contributed by atoms with E-state index in [2.05, 4.69) is 10.3 Å². The molecule has 1 aromatic heterocycles. The van der Waals surface area contributed by atoms with E-state index in [-0.39, 0.29) is 5.91 Å². The minimum atomic E-state index is -0.259. The van der Waals surface area contributed by atoms with E-state index in [0.717, 1.165) is 5.56 Å². The molecule has 1 N–H and O–H groups in total. The zero-order valence-corrected chi connectivity index (χ0v) is 14.9. The molecule has 1 aliphatic rings. The van der Waals surface area contributed by atoms with Gasteiger partial charge in [-0.25, -0.2) is 4.98 Å². The van der Waals surface area contributed by atoms with Crippen molar-refractivity contribution in [2.45, 2.75) is 25.8 Å². The highest BCUT2D eigenvalue weighted by atomic mass is 35.5. The van der Waals surface area contributed by atoms with E-state index in [1.54, 1.807) is 37.6 Å². The SMILES string of the molecule is COc1ccc(CNC(=O)c2c(Cl)cccc2OCC2CCC2)cn1. The Morgan fingerprint density at radius 2 is 2.16 bits per heavy atom. The number of halogens is 1. The summed E-state index contributed by atoms with van der Waals surface area (Å²) in [6, 6.07) is 8.88. The van der Waals surface area contributed by atoms with Crippen LogP contribution in [0.15, 0.2) is 36.5 Å². The highest BCUT2D eigenvalue weighted by Crippen LogP contribution is 2.30. The van der Waals surface area contributed by atoms with Crippen LogP contribution in [-0.4, -0.2) is 24.6 Å². The average molecular weight is 361 g/mol. The van der Waals surface area contributed by atoms with Gasteiger partial charge in [0, 0.05) is 18.8 Å². The Kier molecular flexibility index (Phi) is 5.76. The quantitative estimate of drug-likeness (QED) is 0.814. The Labute approximate surface area is 152 Å². The van der Waals surface area contributed by atoms with Crippen molar-refractivity contribution in [2.75, 3.05) is 13.7 Å². The summed E-state index contributed by atoms with van der Waals surface area (Å²) in [6.45, 7) is 0.978. The molecule has 6 heteroatoms. The fourth-order valence-electron chi connectivity index (χ4n) is 2.62. The minimum absolute atomic E-state index is 0.259. The normalized spacial score (nSPS) is 13.8. The Balaban J connectivity index is 1.65. The van der Waals surface area contributed by atoms with Gasteiger partial charge in [0.15, 0.2) is 0 Å². The molecule has 0 atom stereocenters. The van der Waals surface area contributed by atoms with Gasteiger partial charge in [-0.3, -0.25) is 4.79 Å². The summed E-state index contributed by atoms with van der Waals surface area (Å²) in [4.78, 5) is 16.7. The van der Waals surface area contributed by atoms with Gasteiger partial charge in [-0.15, -0.1) is 0 Å². The number of hydrogen-bond donors (Lipinski definition) is 1. The molecular weight excluding hydrogens is 340 g/mol. The molecule has 1 aliphatic carbocycles. The van der Waals surface area contributed by atoms with Gasteiger partial charge in [0.1, 0.15) is 5.75 Å². The number of nitrogens with zero attached hydrogens (tertiary/aromatic N) is 1. The van der Waals surface area contributed by atoms with Crippen molar-refractivity contribution in [1.29, 1.82) is 0 Å². The van der Waals surface area contributed by atoms with Crippen molar-refractivity contribution in [3.05, 3.63) is 52.7 Å². The van der Waals surface area contributed by atoms with Crippen LogP contribution in [0, 0.1) is 5.92 Å². The van der Waals surface area contributed by atoms with Crippen molar-refractivity contribution in [1.82, 2.24) is 10.3 Å². The van der Waals surface area contributed by atoms with E-state index in [4.69, 9.17) is 21.1 Å². The fraction of sp³-hybridized carbons (Fsp3) is 0.368. The first-order valence-corrected chi connectivity index (χ1v) is 8.73. The van der Waals surface area contributed by atoms with Crippen LogP contribution in [0.25, 0.3) is 0 Å². The zero-order chi connectivity index (χ0) is 17.6. The Hall–Kier alpha value is -2.27. The fourth-order valence-corrected chi connectivity index (χ4v) is 2.87. The van der Waals surface area contributed by atoms with Gasteiger partial charge >= 0.3 is 0 Å². The van der Waals surface area contributed by atoms with Crippen LogP contribution in [0.1, 0.15) is 35.2 Å². The van der Waals surface area contributed by atoms with E-state index >= 15 is 0 Å². The number of rotatable bonds is 7. The van der Waals surface area contributed by atoms with Gasteiger partial charge in [0.2, 0.25) is 5.88 Å². The predicted molar refractivity (Wildman–Crippen MR) is 96.2 cm³/mol. The number of carbonyl (C=O) groups excluding carboxylic acids is 1. The van der Waals surface area contributed by atoms with E-state index in [1.165, 1.54) is 19.3 Å². The molecule has 1 heterocycles. The molecule has 0 unspecified atom stereocenters. The van der Waals surface area contributed by atoms with Gasteiger partial charge in [-0.1, -0.05) is 30.2 Å². The number of pyridine rings is 1. The lowest BCUT2D eigenvalue weighted by atomic mass is 9.86. The molecule has 132 valence electrons. The molecule has 1 amide bonds. The molecule has 3 rings (SSSR count). The lowest BCUT2D eigenvalue weighted by Crippen LogP contribution is -2.25. The molecule has 0 bridgehead atoms. The lowest BCUT2D eigenvalue weighted by Gasteiger charge is -2.25. The second-order valence-corrected chi connectivity index (χ2v) is 6.52. The molecule has 0 saturated heterocycles. The summed E-state index contributed by atoms with van der Waals surface area (Å²) < 4.78 is 10.9. The first-order chi connectivity index (χ1) is 12.2. The van der Waals surface area contributed by atoms with Crippen molar-refractivity contribution in [2.24, 2.45) is 5.92 Å². The highest BCUT2D eigenvalue weighted by molar-refractivity contribution is 6.34. The van der Waals surface area contributed by atoms with Crippen LogP contribution in [0.3, 0.4) is 0 Å². The number of amides is 1. The van der Waals surface area contributed by atoms with E-state index in [9.17, 15) is 4.79 Å². The predicted octanol–water partition coefficient (Wildman–Crippen LogP) is 3.85. The third-order valence-electron chi connectivity index (χ3n) is 4.36. The molecule has 1 aromatic carbocycles. The smallest absolute Gasteiger partial charge is 0.256 e. The van der Waals surface area contributed by atoms with Crippen LogP contribution >= 0.6 is 11.6 Å². The van der Waals surface area contributed by atoms with Crippen LogP contribution in [0.4, 0.5) is 0 Å². The maximum atomic E-state index is 12.6. The zero-order valence-electron chi connectivity index (χ0n) is 14.1. The second kappa shape index (κ2) is 8.21. The van der Waals surface area contributed by atoms with Gasteiger partial charge in [-0.2, -0.15) is 0 Å². The molecule has 2 aromatic rings. The number of benzene rings is 1. The number of methoxy groups -OCH3 is 1. The van der Waals surface area contributed by atoms with E-state index < -0.39 is 0 Å². The molecule has 5 nitrogen and oxygen atoms in total. The maximum absolute atomic E-state index is 12.6. The molecule has 1 fully saturated rings. The summed E-state index contributed by atoms with van der Waals surface area (Å²) in [5.74, 6) is 1.39. The number of carbonyl (C=O) groups is 1. The van der Waals surface area contributed by atoms with Gasteiger partial charge < -0.3 is 14.8 Å². The number of ether oxygens (including phenoxy) is 2. The number of hydrogen-bond acceptors (Lipinski definition) is 4. The Bertz CT molecular complexity index is 730. The maximum Gasteiger partial charge on any atom is 0.256 e. The van der Waals surface area contributed by atoms with Crippen molar-refractivity contribution in [3.63, 3.8) is 0 Å². The summed E-state index contributed by atoms with van der Waals surface area (Å²) in [7, 11) is 1.56. The summed E-state index contributed by atoms with van der Waals surface area (Å²) in [5, 5.41) is 3.25. The molecule has 0 radical (unpaired) electrons. The number of aromatic nitrogens is 1. The second-order valence-electron chi connectivity index (χ2n) is 6.11. The van der Waals surface area contributed by atoms with E-state index in [1.807, 2.05) is 6.07 Å². The Morgan fingerprint density at radius 1 is 1.32 bits per heavy atom. The standard InChI is InChI=1S/C19H21ClN2O3/c1-24-17-9-8-14(10-21-17)11-22-19(23)18-15(20)6-3-7-16(18)25-12-13-4-2-5-13/h3,6-10,13H,2,4-5,11-12H2,1H3,(H,22,23). The van der Waals surface area contributed by atoms with Gasteiger partial charge in [-0.05, 0) is 36.5 Å². The van der Waals surface area contributed by atoms with Crippen molar-refractivity contribution >= 4 is 17.5 Å². The van der Waals surface area contributed by atoms with Crippen LogP contribution in [0.5, 0.6) is 11.6 Å². The number of nitrogens with one attached hydrogen (secondary N) is 1. The highest BCUT2D eigenvalue weighted by Gasteiger charge is 2.21. The van der Waals surface area contributed by atoms with Crippen LogP contribution in [0.2, 0.25) is 5.02 Å². The summed E-state index contributed by atoms with van der Waals surface area (Å²) in [5.41, 5.74) is 1.25. The first-order valence-electron chi connectivity index (χ1n) is 8.36. The van der Waals surface area contributed by atoms with Crippen molar-refractivity contribution in [3.8, 4) is 11.6 Å².